The Kier molecular flexibility index (Phi) is 5.35. The molecular weight excluding hydrogens is 216 g/mol. The normalized spacial score (nSPS) is 13.5. The van der Waals surface area contributed by atoms with E-state index in [0.29, 0.717) is 0 Å². The maximum absolute atomic E-state index is 11.3. The number of hydrogen-bond acceptors (Lipinski definition) is 6. The van der Waals surface area contributed by atoms with Gasteiger partial charge in [-0.3, -0.25) is 19.2 Å². The first-order chi connectivity index (χ1) is 7.36. The second kappa shape index (κ2) is 5.99. The molecule has 0 aliphatic carbocycles. The molecule has 0 aromatic rings. The summed E-state index contributed by atoms with van der Waals surface area (Å²) in [5.74, 6) is -5.93. The average molecular weight is 230 g/mol. The van der Waals surface area contributed by atoms with E-state index >= 15 is 0 Å². The van der Waals surface area contributed by atoms with Crippen LogP contribution in [0, 0.1) is 11.8 Å². The number of carbonyl (C=O) groups excluding carboxylic acids is 4. The van der Waals surface area contributed by atoms with Crippen molar-refractivity contribution in [1.82, 2.24) is 0 Å². The Balaban J connectivity index is 5.27. The molecule has 0 rings (SSSR count). The number of ether oxygens (including phenoxy) is 2. The molecule has 6 nitrogen and oxygen atoms in total. The highest BCUT2D eigenvalue weighted by Crippen LogP contribution is 2.18. The largest absolute Gasteiger partial charge is 0.468 e. The molecular formula is C10H14O6. The Morgan fingerprint density at radius 2 is 1.00 bits per heavy atom. The van der Waals surface area contributed by atoms with Crippen LogP contribution in [0.3, 0.4) is 0 Å². The van der Waals surface area contributed by atoms with Gasteiger partial charge in [0.1, 0.15) is 23.4 Å². The number of rotatable bonds is 5. The number of methoxy groups -OCH3 is 2. The van der Waals surface area contributed by atoms with Crippen molar-refractivity contribution in [3.8, 4) is 0 Å². The highest BCUT2D eigenvalue weighted by molar-refractivity contribution is 6.10. The lowest BCUT2D eigenvalue weighted by molar-refractivity contribution is -0.163. The lowest BCUT2D eigenvalue weighted by Gasteiger charge is -2.18. The summed E-state index contributed by atoms with van der Waals surface area (Å²) in [5.41, 5.74) is 0. The highest BCUT2D eigenvalue weighted by atomic mass is 16.5. The van der Waals surface area contributed by atoms with Crippen molar-refractivity contribution in [3.05, 3.63) is 0 Å². The fourth-order valence-corrected chi connectivity index (χ4v) is 1.33. The molecule has 0 spiro atoms. The highest BCUT2D eigenvalue weighted by Gasteiger charge is 2.41. The van der Waals surface area contributed by atoms with E-state index in [9.17, 15) is 19.2 Å². The fourth-order valence-electron chi connectivity index (χ4n) is 1.33. The first-order valence-corrected chi connectivity index (χ1v) is 4.53. The van der Waals surface area contributed by atoms with Gasteiger partial charge in [0.15, 0.2) is 0 Å². The van der Waals surface area contributed by atoms with E-state index in [1.54, 1.807) is 0 Å². The van der Waals surface area contributed by atoms with Gasteiger partial charge in [-0.05, 0) is 13.8 Å². The summed E-state index contributed by atoms with van der Waals surface area (Å²) in [6.07, 6.45) is 0. The van der Waals surface area contributed by atoms with E-state index < -0.39 is 35.3 Å². The van der Waals surface area contributed by atoms with Crippen molar-refractivity contribution < 1.29 is 28.7 Å². The van der Waals surface area contributed by atoms with Crippen molar-refractivity contribution in [3.63, 3.8) is 0 Å². The maximum atomic E-state index is 11.3. The Labute approximate surface area is 92.9 Å². The standard InChI is InChI=1S/C10H14O6/c1-5(11)7(9(13)15-3)8(6(2)12)10(14)16-4/h7-8H,1-4H3/t7-,8-/m1/s1. The molecule has 0 aromatic carbocycles. The van der Waals surface area contributed by atoms with Crippen molar-refractivity contribution in [2.75, 3.05) is 14.2 Å². The molecule has 0 fully saturated rings. The van der Waals surface area contributed by atoms with Gasteiger partial charge in [0, 0.05) is 0 Å². The minimum atomic E-state index is -1.44. The molecule has 0 unspecified atom stereocenters. The molecule has 0 bridgehead atoms. The summed E-state index contributed by atoms with van der Waals surface area (Å²) in [6, 6.07) is 0. The predicted octanol–water partition coefficient (Wildman–Crippen LogP) is -0.257. The third-order valence-electron chi connectivity index (χ3n) is 2.12. The van der Waals surface area contributed by atoms with Gasteiger partial charge in [0.05, 0.1) is 14.2 Å². The SMILES string of the molecule is COC(=O)[C@H](C(C)=O)[C@@H](C(C)=O)C(=O)OC. The van der Waals surface area contributed by atoms with E-state index in [4.69, 9.17) is 0 Å². The molecule has 90 valence electrons. The summed E-state index contributed by atoms with van der Waals surface area (Å²) in [5, 5.41) is 0. The van der Waals surface area contributed by atoms with Crippen LogP contribution in [0.4, 0.5) is 0 Å². The number of esters is 2. The Hall–Kier alpha value is -1.72. The van der Waals surface area contributed by atoms with Crippen molar-refractivity contribution in [2.24, 2.45) is 11.8 Å². The van der Waals surface area contributed by atoms with Gasteiger partial charge < -0.3 is 9.47 Å². The minimum Gasteiger partial charge on any atom is -0.468 e. The molecule has 2 atom stereocenters. The summed E-state index contributed by atoms with van der Waals surface area (Å²) in [4.78, 5) is 45.1. The van der Waals surface area contributed by atoms with E-state index in [2.05, 4.69) is 9.47 Å². The molecule has 6 heteroatoms. The van der Waals surface area contributed by atoms with Gasteiger partial charge in [-0.1, -0.05) is 0 Å². The van der Waals surface area contributed by atoms with Crippen LogP contribution in [0.2, 0.25) is 0 Å². The zero-order valence-electron chi connectivity index (χ0n) is 9.60. The monoisotopic (exact) mass is 230 g/mol. The molecule has 16 heavy (non-hydrogen) atoms. The molecule has 0 aliphatic rings. The van der Waals surface area contributed by atoms with Gasteiger partial charge in [0.25, 0.3) is 0 Å². The zero-order valence-corrected chi connectivity index (χ0v) is 9.60. The molecule has 0 saturated carbocycles. The lowest BCUT2D eigenvalue weighted by Crippen LogP contribution is -2.40. The third kappa shape index (κ3) is 3.15. The van der Waals surface area contributed by atoms with Gasteiger partial charge in [-0.2, -0.15) is 0 Å². The van der Waals surface area contributed by atoms with Crippen molar-refractivity contribution in [1.29, 1.82) is 0 Å². The van der Waals surface area contributed by atoms with Crippen LogP contribution in [0.15, 0.2) is 0 Å². The predicted molar refractivity (Wildman–Crippen MR) is 52.4 cm³/mol. The van der Waals surface area contributed by atoms with Crippen LogP contribution in [0.25, 0.3) is 0 Å². The van der Waals surface area contributed by atoms with Gasteiger partial charge in [-0.25, -0.2) is 0 Å². The second-order valence-corrected chi connectivity index (χ2v) is 3.22. The van der Waals surface area contributed by atoms with E-state index in [-0.39, 0.29) is 0 Å². The average Bonchev–Trinajstić information content (AvgIpc) is 2.22. The molecule has 0 amide bonds. The van der Waals surface area contributed by atoms with E-state index in [1.807, 2.05) is 0 Å². The Morgan fingerprint density at radius 1 is 0.750 bits per heavy atom. The Morgan fingerprint density at radius 3 is 1.12 bits per heavy atom. The zero-order chi connectivity index (χ0) is 12.9. The molecule has 0 radical (unpaired) electrons. The van der Waals surface area contributed by atoms with Gasteiger partial charge >= 0.3 is 11.9 Å². The molecule has 0 aromatic heterocycles. The quantitative estimate of drug-likeness (QED) is 0.478. The molecule has 0 aliphatic heterocycles. The van der Waals surface area contributed by atoms with Crippen LogP contribution < -0.4 is 0 Å². The second-order valence-electron chi connectivity index (χ2n) is 3.22. The smallest absolute Gasteiger partial charge is 0.317 e. The van der Waals surface area contributed by atoms with Crippen LogP contribution in [-0.2, 0) is 28.7 Å². The molecule has 0 N–H and O–H groups in total. The topological polar surface area (TPSA) is 86.7 Å². The van der Waals surface area contributed by atoms with Crippen LogP contribution >= 0.6 is 0 Å². The molecule has 0 saturated heterocycles. The van der Waals surface area contributed by atoms with E-state index in [1.165, 1.54) is 0 Å². The number of ketones is 2. The Bertz CT molecular complexity index is 287. The lowest BCUT2D eigenvalue weighted by atomic mass is 9.86. The number of carbonyl (C=O) groups is 4. The maximum Gasteiger partial charge on any atom is 0.317 e. The van der Waals surface area contributed by atoms with Crippen LogP contribution in [0.5, 0.6) is 0 Å². The van der Waals surface area contributed by atoms with Gasteiger partial charge in [-0.15, -0.1) is 0 Å². The van der Waals surface area contributed by atoms with Crippen molar-refractivity contribution >= 4 is 23.5 Å². The fraction of sp³-hybridized carbons (Fsp3) is 0.600. The minimum absolute atomic E-state index is 0.613. The van der Waals surface area contributed by atoms with Crippen LogP contribution in [0.1, 0.15) is 13.8 Å². The van der Waals surface area contributed by atoms with E-state index in [0.717, 1.165) is 28.1 Å². The van der Waals surface area contributed by atoms with Crippen molar-refractivity contribution in [2.45, 2.75) is 13.8 Å². The van der Waals surface area contributed by atoms with Gasteiger partial charge in [0.2, 0.25) is 0 Å². The first kappa shape index (κ1) is 14.3. The van der Waals surface area contributed by atoms with Crippen LogP contribution in [-0.4, -0.2) is 37.7 Å². The third-order valence-corrected chi connectivity index (χ3v) is 2.12. The summed E-state index contributed by atoms with van der Waals surface area (Å²) >= 11 is 0. The number of hydrogen-bond donors (Lipinski definition) is 0. The number of Topliss-reactive ketones (excluding diaryl/α,β-unsaturated/α-hetero) is 2. The first-order valence-electron chi connectivity index (χ1n) is 4.53. The summed E-state index contributed by atoms with van der Waals surface area (Å²) in [6.45, 7) is 2.22. The molecule has 0 heterocycles. The summed E-state index contributed by atoms with van der Waals surface area (Å²) in [7, 11) is 2.15. The summed E-state index contributed by atoms with van der Waals surface area (Å²) < 4.78 is 8.76.